The number of carbonyl (C=O) groups excluding carboxylic acids is 1. The van der Waals surface area contributed by atoms with Crippen LogP contribution < -0.4 is 15.4 Å². The average Bonchev–Trinajstić information content (AvgIpc) is 2.66. The third-order valence-electron chi connectivity index (χ3n) is 3.37. The van der Waals surface area contributed by atoms with Crippen LogP contribution in [0.15, 0.2) is 72.2 Å². The Morgan fingerprint density at radius 2 is 1.75 bits per heavy atom. The molecule has 28 heavy (non-hydrogen) atoms. The minimum atomic E-state index is -3.61. The second kappa shape index (κ2) is 9.88. The quantitative estimate of drug-likeness (QED) is 0.365. The zero-order valence-electron chi connectivity index (χ0n) is 14.7. The Balaban J connectivity index is 1.91. The van der Waals surface area contributed by atoms with Gasteiger partial charge in [0.2, 0.25) is 15.9 Å². The van der Waals surface area contributed by atoms with Crippen LogP contribution in [-0.2, 0) is 14.8 Å². The standard InChI is InChI=1S/C19H18FN3O3S2/c1-2-13-21-28(25,26)17-10-8-16(9-11-17)22-19(27)23-18(24)12-5-14-3-6-15(20)7-4-14/h2-12,21H,1,13H2,(H2,22,23,24,27)/b12-5+. The molecule has 2 aromatic carbocycles. The Hall–Kier alpha value is -2.88. The lowest BCUT2D eigenvalue weighted by atomic mass is 10.2. The second-order valence-corrected chi connectivity index (χ2v) is 7.67. The van der Waals surface area contributed by atoms with Crippen LogP contribution in [0.4, 0.5) is 10.1 Å². The summed E-state index contributed by atoms with van der Waals surface area (Å²) in [5, 5.41) is 5.30. The fourth-order valence-electron chi connectivity index (χ4n) is 2.03. The monoisotopic (exact) mass is 419 g/mol. The van der Waals surface area contributed by atoms with Gasteiger partial charge in [0, 0.05) is 18.3 Å². The number of sulfonamides is 1. The highest BCUT2D eigenvalue weighted by Gasteiger charge is 2.12. The molecule has 0 aliphatic rings. The van der Waals surface area contributed by atoms with Gasteiger partial charge in [-0.05, 0) is 60.3 Å². The molecule has 9 heteroatoms. The summed E-state index contributed by atoms with van der Waals surface area (Å²) < 4.78 is 39.2. The van der Waals surface area contributed by atoms with Crippen LogP contribution >= 0.6 is 12.2 Å². The maximum absolute atomic E-state index is 12.8. The van der Waals surface area contributed by atoms with Gasteiger partial charge in [0.15, 0.2) is 5.11 Å². The summed E-state index contributed by atoms with van der Waals surface area (Å²) in [5.74, 6) is -0.822. The zero-order chi connectivity index (χ0) is 20.6. The van der Waals surface area contributed by atoms with Crippen molar-refractivity contribution in [1.29, 1.82) is 0 Å². The Labute approximate surface area is 168 Å². The molecule has 3 N–H and O–H groups in total. The molecule has 0 heterocycles. The van der Waals surface area contributed by atoms with Gasteiger partial charge in [0.1, 0.15) is 5.82 Å². The molecular formula is C19H18FN3O3S2. The van der Waals surface area contributed by atoms with E-state index in [0.29, 0.717) is 11.3 Å². The summed E-state index contributed by atoms with van der Waals surface area (Å²) in [6.45, 7) is 3.58. The lowest BCUT2D eigenvalue weighted by Gasteiger charge is -2.09. The molecule has 0 atom stereocenters. The summed E-state index contributed by atoms with van der Waals surface area (Å²) in [4.78, 5) is 12.0. The summed E-state index contributed by atoms with van der Waals surface area (Å²) in [5.41, 5.74) is 1.17. The van der Waals surface area contributed by atoms with E-state index < -0.39 is 15.9 Å². The van der Waals surface area contributed by atoms with Crippen molar-refractivity contribution in [2.75, 3.05) is 11.9 Å². The number of hydrogen-bond donors (Lipinski definition) is 3. The molecule has 0 unspecified atom stereocenters. The molecule has 0 saturated carbocycles. The van der Waals surface area contributed by atoms with E-state index >= 15 is 0 Å². The number of halogens is 1. The van der Waals surface area contributed by atoms with Gasteiger partial charge in [-0.1, -0.05) is 18.2 Å². The first-order chi connectivity index (χ1) is 13.3. The van der Waals surface area contributed by atoms with Crippen molar-refractivity contribution in [3.05, 3.63) is 78.6 Å². The van der Waals surface area contributed by atoms with Crippen LogP contribution in [-0.4, -0.2) is 26.0 Å². The first-order valence-corrected chi connectivity index (χ1v) is 9.95. The van der Waals surface area contributed by atoms with Crippen molar-refractivity contribution in [3.63, 3.8) is 0 Å². The lowest BCUT2D eigenvalue weighted by molar-refractivity contribution is -0.115. The Morgan fingerprint density at radius 3 is 2.36 bits per heavy atom. The van der Waals surface area contributed by atoms with E-state index in [-0.39, 0.29) is 22.4 Å². The molecule has 0 aromatic heterocycles. The van der Waals surface area contributed by atoms with E-state index in [2.05, 4.69) is 21.9 Å². The van der Waals surface area contributed by atoms with E-state index in [1.165, 1.54) is 66.8 Å². The maximum atomic E-state index is 12.8. The topological polar surface area (TPSA) is 87.3 Å². The van der Waals surface area contributed by atoms with Crippen LogP contribution in [0.1, 0.15) is 5.56 Å². The van der Waals surface area contributed by atoms with Gasteiger partial charge in [-0.15, -0.1) is 6.58 Å². The van der Waals surface area contributed by atoms with E-state index in [9.17, 15) is 17.6 Å². The molecule has 1 amide bonds. The third-order valence-corrected chi connectivity index (χ3v) is 5.02. The van der Waals surface area contributed by atoms with Crippen LogP contribution in [0.2, 0.25) is 0 Å². The zero-order valence-corrected chi connectivity index (χ0v) is 16.3. The smallest absolute Gasteiger partial charge is 0.250 e. The van der Waals surface area contributed by atoms with Crippen molar-refractivity contribution in [2.45, 2.75) is 4.90 Å². The minimum absolute atomic E-state index is 0.0501. The molecule has 0 radical (unpaired) electrons. The van der Waals surface area contributed by atoms with Crippen LogP contribution in [0.5, 0.6) is 0 Å². The fraction of sp³-hybridized carbons (Fsp3) is 0.0526. The number of amides is 1. The van der Waals surface area contributed by atoms with Crippen LogP contribution in [0.3, 0.4) is 0 Å². The number of hydrogen-bond acceptors (Lipinski definition) is 4. The van der Waals surface area contributed by atoms with Crippen LogP contribution in [0.25, 0.3) is 6.08 Å². The number of nitrogens with one attached hydrogen (secondary N) is 3. The van der Waals surface area contributed by atoms with Crippen molar-refractivity contribution < 1.29 is 17.6 Å². The van der Waals surface area contributed by atoms with Crippen molar-refractivity contribution in [3.8, 4) is 0 Å². The molecule has 2 aromatic rings. The van der Waals surface area contributed by atoms with E-state index in [1.807, 2.05) is 0 Å². The minimum Gasteiger partial charge on any atom is -0.332 e. The van der Waals surface area contributed by atoms with E-state index in [1.54, 1.807) is 0 Å². The third kappa shape index (κ3) is 6.69. The highest BCUT2D eigenvalue weighted by atomic mass is 32.2. The number of rotatable bonds is 7. The number of benzene rings is 2. The van der Waals surface area contributed by atoms with Gasteiger partial charge < -0.3 is 5.32 Å². The fourth-order valence-corrected chi connectivity index (χ4v) is 3.25. The molecule has 0 saturated heterocycles. The Bertz CT molecular complexity index is 986. The second-order valence-electron chi connectivity index (χ2n) is 5.49. The SMILES string of the molecule is C=CCNS(=O)(=O)c1ccc(NC(=S)NC(=O)/C=C/c2ccc(F)cc2)cc1. The van der Waals surface area contributed by atoms with Crippen molar-refractivity contribution >= 4 is 45.0 Å². The lowest BCUT2D eigenvalue weighted by Crippen LogP contribution is -2.32. The highest BCUT2D eigenvalue weighted by Crippen LogP contribution is 2.14. The molecule has 0 fully saturated rings. The van der Waals surface area contributed by atoms with E-state index in [0.717, 1.165) is 0 Å². The average molecular weight is 420 g/mol. The van der Waals surface area contributed by atoms with Gasteiger partial charge in [0.25, 0.3) is 0 Å². The number of carbonyl (C=O) groups is 1. The van der Waals surface area contributed by atoms with Crippen molar-refractivity contribution in [1.82, 2.24) is 10.0 Å². The van der Waals surface area contributed by atoms with Gasteiger partial charge in [-0.2, -0.15) is 0 Å². The highest BCUT2D eigenvalue weighted by molar-refractivity contribution is 7.89. The predicted octanol–water partition coefficient (Wildman–Crippen LogP) is 2.82. The van der Waals surface area contributed by atoms with Gasteiger partial charge in [0.05, 0.1) is 4.90 Å². The number of anilines is 1. The largest absolute Gasteiger partial charge is 0.332 e. The first-order valence-electron chi connectivity index (χ1n) is 8.06. The molecule has 0 spiro atoms. The van der Waals surface area contributed by atoms with Gasteiger partial charge >= 0.3 is 0 Å². The maximum Gasteiger partial charge on any atom is 0.250 e. The molecule has 146 valence electrons. The Morgan fingerprint density at radius 1 is 1.11 bits per heavy atom. The molecular weight excluding hydrogens is 401 g/mol. The summed E-state index contributed by atoms with van der Waals surface area (Å²) >= 11 is 5.06. The summed E-state index contributed by atoms with van der Waals surface area (Å²) in [7, 11) is -3.61. The predicted molar refractivity (Wildman–Crippen MR) is 112 cm³/mol. The molecule has 2 rings (SSSR count). The van der Waals surface area contributed by atoms with Gasteiger partial charge in [-0.25, -0.2) is 17.5 Å². The van der Waals surface area contributed by atoms with Crippen LogP contribution in [0, 0.1) is 5.82 Å². The Kier molecular flexibility index (Phi) is 7.56. The van der Waals surface area contributed by atoms with E-state index in [4.69, 9.17) is 12.2 Å². The normalized spacial score (nSPS) is 11.2. The summed E-state index contributed by atoms with van der Waals surface area (Å²) in [6.07, 6.45) is 4.23. The molecule has 6 nitrogen and oxygen atoms in total. The molecule has 0 bridgehead atoms. The van der Waals surface area contributed by atoms with Crippen molar-refractivity contribution in [2.24, 2.45) is 0 Å². The molecule has 0 aliphatic carbocycles. The first kappa shape index (κ1) is 21.4. The summed E-state index contributed by atoms with van der Waals surface area (Å²) in [6, 6.07) is 11.5. The number of thiocarbonyl (C=S) groups is 1. The van der Waals surface area contributed by atoms with Gasteiger partial charge in [-0.3, -0.25) is 10.1 Å². The molecule has 0 aliphatic heterocycles.